The second kappa shape index (κ2) is 12.9. The fraction of sp³-hybridized carbons (Fsp3) is 0.258. The molecule has 5 rings (SSSR count). The van der Waals surface area contributed by atoms with Crippen LogP contribution in [0, 0.1) is 6.92 Å². The minimum atomic E-state index is -0.307. The molecule has 2 aromatic heterocycles. The van der Waals surface area contributed by atoms with Gasteiger partial charge in [-0.2, -0.15) is 0 Å². The average molecular weight is 609 g/mol. The molecule has 1 amide bonds. The predicted molar refractivity (Wildman–Crippen MR) is 169 cm³/mol. The van der Waals surface area contributed by atoms with Gasteiger partial charge < -0.3 is 30.2 Å². The third-order valence-corrected chi connectivity index (χ3v) is 7.78. The molecule has 3 heterocycles. The number of fused-ring (bicyclic) bond motifs is 1. The highest BCUT2D eigenvalue weighted by molar-refractivity contribution is 6.41. The van der Waals surface area contributed by atoms with Crippen LogP contribution in [0.1, 0.15) is 18.4 Å². The molecule has 1 fully saturated rings. The normalized spacial score (nSPS) is 14.5. The molecule has 0 saturated carbocycles. The van der Waals surface area contributed by atoms with Crippen molar-refractivity contribution in [1.82, 2.24) is 9.97 Å². The maximum Gasteiger partial charge on any atom is 0.247 e. The molecule has 1 unspecified atom stereocenters. The highest BCUT2D eigenvalue weighted by Gasteiger charge is 2.22. The predicted octanol–water partition coefficient (Wildman–Crippen LogP) is 7.39. The molecule has 1 saturated heterocycles. The van der Waals surface area contributed by atoms with Gasteiger partial charge in [0.25, 0.3) is 0 Å². The van der Waals surface area contributed by atoms with Gasteiger partial charge in [0, 0.05) is 41.8 Å². The van der Waals surface area contributed by atoms with Gasteiger partial charge in [-0.1, -0.05) is 41.9 Å². The number of aryl methyl sites for hydroxylation is 1. The Bertz CT molecular complexity index is 1630. The first kappa shape index (κ1) is 29.4. The molecule has 1 atom stereocenters. The number of methoxy groups -OCH3 is 2. The summed E-state index contributed by atoms with van der Waals surface area (Å²) >= 11 is 13.5. The summed E-state index contributed by atoms with van der Waals surface area (Å²) in [7, 11) is 3.06. The molecule has 11 heteroatoms. The number of benzene rings is 2. The van der Waals surface area contributed by atoms with Crippen LogP contribution in [-0.2, 0) is 9.53 Å². The summed E-state index contributed by atoms with van der Waals surface area (Å²) in [5, 5.41) is 12.0. The zero-order valence-corrected chi connectivity index (χ0v) is 25.0. The SMILES string of the molecule is C=CC(=O)Nc1cccc(C)c1Nc1cc2c(NCC3CCCO3)nc(-c3c(Cl)c(OC)cc(OC)c3Cl)cc2cn1. The first-order valence-corrected chi connectivity index (χ1v) is 14.1. The van der Waals surface area contributed by atoms with Crippen molar-refractivity contribution in [2.24, 2.45) is 0 Å². The highest BCUT2D eigenvalue weighted by Crippen LogP contribution is 2.46. The maximum atomic E-state index is 12.0. The van der Waals surface area contributed by atoms with Crippen molar-refractivity contribution in [1.29, 1.82) is 0 Å². The van der Waals surface area contributed by atoms with Crippen LogP contribution in [0.4, 0.5) is 23.0 Å². The van der Waals surface area contributed by atoms with Gasteiger partial charge in [0.1, 0.15) is 23.1 Å². The van der Waals surface area contributed by atoms with E-state index in [4.69, 9.17) is 42.4 Å². The lowest BCUT2D eigenvalue weighted by molar-refractivity contribution is -0.111. The quantitative estimate of drug-likeness (QED) is 0.160. The number of halogens is 2. The molecule has 3 N–H and O–H groups in total. The van der Waals surface area contributed by atoms with E-state index in [1.807, 2.05) is 37.3 Å². The number of amides is 1. The van der Waals surface area contributed by atoms with Gasteiger partial charge in [-0.05, 0) is 49.6 Å². The number of nitrogens with zero attached hydrogens (tertiary/aromatic N) is 2. The lowest BCUT2D eigenvalue weighted by atomic mass is 10.1. The van der Waals surface area contributed by atoms with Gasteiger partial charge in [-0.15, -0.1) is 0 Å². The molecule has 42 heavy (non-hydrogen) atoms. The molecular weight excluding hydrogens is 577 g/mol. The average Bonchev–Trinajstić information content (AvgIpc) is 3.52. The van der Waals surface area contributed by atoms with Crippen molar-refractivity contribution < 1.29 is 19.0 Å². The monoisotopic (exact) mass is 607 g/mol. The van der Waals surface area contributed by atoms with E-state index >= 15 is 0 Å². The number of para-hydroxylation sites is 1. The van der Waals surface area contributed by atoms with Crippen LogP contribution in [0.5, 0.6) is 11.5 Å². The summed E-state index contributed by atoms with van der Waals surface area (Å²) in [6.45, 7) is 6.82. The van der Waals surface area contributed by atoms with Crippen LogP contribution in [0.3, 0.4) is 0 Å². The Morgan fingerprint density at radius 1 is 1.17 bits per heavy atom. The van der Waals surface area contributed by atoms with E-state index in [2.05, 4.69) is 27.5 Å². The molecule has 1 aliphatic rings. The van der Waals surface area contributed by atoms with E-state index in [0.717, 1.165) is 41.5 Å². The zero-order chi connectivity index (χ0) is 29.8. The van der Waals surface area contributed by atoms with E-state index in [0.29, 0.717) is 56.7 Å². The summed E-state index contributed by atoms with van der Waals surface area (Å²) < 4.78 is 16.8. The van der Waals surface area contributed by atoms with Crippen LogP contribution >= 0.6 is 23.2 Å². The van der Waals surface area contributed by atoms with E-state index < -0.39 is 0 Å². The third kappa shape index (κ3) is 6.09. The van der Waals surface area contributed by atoms with Crippen LogP contribution in [0.25, 0.3) is 22.0 Å². The topological polar surface area (TPSA) is 107 Å². The molecule has 4 aromatic rings. The van der Waals surface area contributed by atoms with Gasteiger partial charge >= 0.3 is 0 Å². The van der Waals surface area contributed by atoms with Crippen LogP contribution in [0.2, 0.25) is 10.0 Å². The number of anilines is 4. The summed E-state index contributed by atoms with van der Waals surface area (Å²) in [5.41, 5.74) is 3.28. The minimum Gasteiger partial charge on any atom is -0.495 e. The Morgan fingerprint density at radius 3 is 2.60 bits per heavy atom. The Morgan fingerprint density at radius 2 is 1.93 bits per heavy atom. The number of aromatic nitrogens is 2. The van der Waals surface area contributed by atoms with Gasteiger partial charge in [-0.25, -0.2) is 9.97 Å². The van der Waals surface area contributed by atoms with Crippen molar-refractivity contribution in [2.75, 3.05) is 43.3 Å². The van der Waals surface area contributed by atoms with E-state index in [-0.39, 0.29) is 12.0 Å². The van der Waals surface area contributed by atoms with Gasteiger partial charge in [0.15, 0.2) is 0 Å². The number of rotatable bonds is 10. The van der Waals surface area contributed by atoms with E-state index in [1.54, 1.807) is 12.3 Å². The second-order valence-electron chi connectivity index (χ2n) is 9.76. The fourth-order valence-corrected chi connectivity index (χ4v) is 5.55. The number of carbonyl (C=O) groups is 1. The number of pyridine rings is 2. The van der Waals surface area contributed by atoms with Crippen molar-refractivity contribution in [2.45, 2.75) is 25.9 Å². The Kier molecular flexibility index (Phi) is 9.01. The van der Waals surface area contributed by atoms with Crippen LogP contribution < -0.4 is 25.4 Å². The molecule has 1 aliphatic heterocycles. The maximum absolute atomic E-state index is 12.0. The van der Waals surface area contributed by atoms with Crippen molar-refractivity contribution >= 4 is 62.9 Å². The van der Waals surface area contributed by atoms with E-state index in [1.165, 1.54) is 20.3 Å². The van der Waals surface area contributed by atoms with Gasteiger partial charge in [-0.3, -0.25) is 4.79 Å². The van der Waals surface area contributed by atoms with E-state index in [9.17, 15) is 4.79 Å². The molecule has 0 aliphatic carbocycles. The molecule has 0 spiro atoms. The third-order valence-electron chi connectivity index (χ3n) is 7.03. The Hall–Kier alpha value is -4.05. The number of hydrogen-bond donors (Lipinski definition) is 3. The number of nitrogens with one attached hydrogen (secondary N) is 3. The highest BCUT2D eigenvalue weighted by atomic mass is 35.5. The Balaban J connectivity index is 1.61. The molecular formula is C31H31Cl2N5O4. The minimum absolute atomic E-state index is 0.0806. The van der Waals surface area contributed by atoms with Crippen molar-refractivity contribution in [3.63, 3.8) is 0 Å². The van der Waals surface area contributed by atoms with Crippen molar-refractivity contribution in [3.8, 4) is 22.8 Å². The first-order chi connectivity index (χ1) is 20.3. The molecule has 218 valence electrons. The van der Waals surface area contributed by atoms with Crippen LogP contribution in [0.15, 0.2) is 55.3 Å². The number of ether oxygens (including phenoxy) is 3. The molecule has 2 aromatic carbocycles. The smallest absolute Gasteiger partial charge is 0.247 e. The van der Waals surface area contributed by atoms with Gasteiger partial charge in [0.05, 0.1) is 47.4 Å². The largest absolute Gasteiger partial charge is 0.495 e. The molecule has 0 bridgehead atoms. The molecule has 0 radical (unpaired) electrons. The van der Waals surface area contributed by atoms with Gasteiger partial charge in [0.2, 0.25) is 5.91 Å². The first-order valence-electron chi connectivity index (χ1n) is 13.4. The fourth-order valence-electron chi connectivity index (χ4n) is 4.85. The second-order valence-corrected chi connectivity index (χ2v) is 10.5. The van der Waals surface area contributed by atoms with Crippen LogP contribution in [-0.4, -0.2) is 49.4 Å². The summed E-state index contributed by atoms with van der Waals surface area (Å²) in [4.78, 5) is 21.7. The Labute approximate surface area is 254 Å². The lowest BCUT2D eigenvalue weighted by Gasteiger charge is -2.18. The zero-order valence-electron chi connectivity index (χ0n) is 23.5. The van der Waals surface area contributed by atoms with Crippen molar-refractivity contribution in [3.05, 3.63) is 70.9 Å². The lowest BCUT2D eigenvalue weighted by Crippen LogP contribution is -2.19. The number of hydrogen-bond acceptors (Lipinski definition) is 8. The number of carbonyl (C=O) groups excluding carboxylic acids is 1. The summed E-state index contributed by atoms with van der Waals surface area (Å²) in [6, 6.07) is 11.1. The molecule has 9 nitrogen and oxygen atoms in total. The standard InChI is InChI=1S/C31H31Cl2N5O4/c1-5-26(39)36-21-10-6-8-17(2)30(21)38-25-13-20-18(15-34-25)12-22(37-31(20)35-16-19-9-7-11-42-19)27-28(32)23(40-3)14-24(41-4)29(27)33/h5-6,8,10,12-15,19H,1,7,9,11,16H2,2-4H3,(H,34,38)(H,35,37)(H,36,39). The summed E-state index contributed by atoms with van der Waals surface area (Å²) in [5.74, 6) is 1.71. The summed E-state index contributed by atoms with van der Waals surface area (Å²) in [6.07, 6.45) is 5.05.